The van der Waals surface area contributed by atoms with Crippen LogP contribution in [-0.4, -0.2) is 155 Å². The Labute approximate surface area is 435 Å². The maximum atomic E-state index is 14.0. The van der Waals surface area contributed by atoms with Crippen LogP contribution in [0.25, 0.3) is 32.7 Å². The zero-order valence-electron chi connectivity index (χ0n) is 42.6. The summed E-state index contributed by atoms with van der Waals surface area (Å²) in [6, 6.07) is 23.7. The molecule has 394 valence electrons. The molecule has 8 rings (SSSR count). The molecule has 3 atom stereocenters. The molecule has 3 aromatic carbocycles. The second kappa shape index (κ2) is 25.7. The highest BCUT2D eigenvalue weighted by molar-refractivity contribution is 7.13. The molecule has 2 aliphatic rings. The van der Waals surface area contributed by atoms with Gasteiger partial charge in [0.1, 0.15) is 48.0 Å². The summed E-state index contributed by atoms with van der Waals surface area (Å²) in [6.45, 7) is 12.7. The Balaban J connectivity index is 0.669. The van der Waals surface area contributed by atoms with Crippen molar-refractivity contribution in [1.29, 1.82) is 0 Å². The molecule has 2 fully saturated rings. The van der Waals surface area contributed by atoms with Crippen molar-refractivity contribution in [2.24, 2.45) is 5.41 Å². The van der Waals surface area contributed by atoms with Crippen molar-refractivity contribution in [1.82, 2.24) is 45.2 Å². The topological polar surface area (TPSA) is 231 Å². The molecule has 0 spiro atoms. The SMILES string of the molecule is Cc1ncsc1-c1ccc(CNC(=O)[C@@H]2C[C@@H](O)CN2C(=O)[C@@H](NC(=O)COCCOCCOCCOCCN2CCC(n3nc(-c4ccc(Oc5ccccc5)cc4)c4c(N)ncnc43)CC2)C(C)(C)C)cc1. The summed E-state index contributed by atoms with van der Waals surface area (Å²) in [5.74, 6) is 0.612. The lowest BCUT2D eigenvalue weighted by Gasteiger charge is -2.35. The van der Waals surface area contributed by atoms with Crippen molar-refractivity contribution in [2.75, 3.05) is 84.8 Å². The first-order chi connectivity index (χ1) is 35.8. The van der Waals surface area contributed by atoms with Crippen LogP contribution in [0.2, 0.25) is 0 Å². The molecular formula is C54H68N10O9S. The highest BCUT2D eigenvalue weighted by atomic mass is 32.1. The number of fused-ring (bicyclic) bond motifs is 1. The maximum absolute atomic E-state index is 14.0. The van der Waals surface area contributed by atoms with Crippen molar-refractivity contribution in [3.8, 4) is 33.2 Å². The van der Waals surface area contributed by atoms with E-state index in [1.54, 1.807) is 11.3 Å². The Bertz CT molecular complexity index is 2760. The van der Waals surface area contributed by atoms with Crippen molar-refractivity contribution in [3.05, 3.63) is 102 Å². The third-order valence-corrected chi connectivity index (χ3v) is 14.1. The summed E-state index contributed by atoms with van der Waals surface area (Å²) in [7, 11) is 0. The third-order valence-electron chi connectivity index (χ3n) is 13.1. The number of benzene rings is 3. The first-order valence-electron chi connectivity index (χ1n) is 25.2. The number of β-amino-alcohol motifs (C(OH)–C–C–N with tert-alkyl or cyclic N) is 1. The van der Waals surface area contributed by atoms with Gasteiger partial charge >= 0.3 is 0 Å². The minimum Gasteiger partial charge on any atom is -0.457 e. The number of nitrogens with two attached hydrogens (primary N) is 1. The normalized spacial score (nSPS) is 16.9. The van der Waals surface area contributed by atoms with Gasteiger partial charge in [-0.05, 0) is 72.7 Å². The Morgan fingerprint density at radius 2 is 1.47 bits per heavy atom. The number of aryl methyl sites for hydroxylation is 1. The quantitative estimate of drug-likeness (QED) is 0.0524. The van der Waals surface area contributed by atoms with Gasteiger partial charge in [0.15, 0.2) is 5.65 Å². The van der Waals surface area contributed by atoms with Crippen LogP contribution >= 0.6 is 11.3 Å². The van der Waals surface area contributed by atoms with Crippen LogP contribution in [0.15, 0.2) is 90.7 Å². The Morgan fingerprint density at radius 3 is 2.14 bits per heavy atom. The largest absolute Gasteiger partial charge is 0.457 e. The van der Waals surface area contributed by atoms with Gasteiger partial charge in [0.05, 0.1) is 79.9 Å². The van der Waals surface area contributed by atoms with Gasteiger partial charge in [-0.3, -0.25) is 14.4 Å². The Hall–Kier alpha value is -6.39. The first-order valence-corrected chi connectivity index (χ1v) is 26.1. The lowest BCUT2D eigenvalue weighted by atomic mass is 9.85. The average Bonchev–Trinajstić information content (AvgIpc) is 4.14. The number of carbonyl (C=O) groups is 3. The average molecular weight is 1030 g/mol. The lowest BCUT2D eigenvalue weighted by molar-refractivity contribution is -0.144. The molecule has 2 aliphatic heterocycles. The van der Waals surface area contributed by atoms with Crippen LogP contribution in [0.5, 0.6) is 11.5 Å². The molecule has 0 radical (unpaired) electrons. The number of aliphatic hydroxyl groups is 1. The number of aromatic nitrogens is 5. The summed E-state index contributed by atoms with van der Waals surface area (Å²) in [5.41, 5.74) is 12.8. The van der Waals surface area contributed by atoms with E-state index in [9.17, 15) is 19.5 Å². The molecule has 0 saturated carbocycles. The van der Waals surface area contributed by atoms with E-state index in [1.165, 1.54) is 11.2 Å². The van der Waals surface area contributed by atoms with Crippen molar-refractivity contribution in [2.45, 2.75) is 77.7 Å². The van der Waals surface area contributed by atoms with Crippen LogP contribution in [-0.2, 0) is 39.9 Å². The smallest absolute Gasteiger partial charge is 0.246 e. The number of anilines is 1. The number of nitrogens with one attached hydrogen (secondary N) is 2. The molecule has 0 aliphatic carbocycles. The van der Waals surface area contributed by atoms with Gasteiger partial charge in [0, 0.05) is 44.7 Å². The second-order valence-corrected chi connectivity index (χ2v) is 20.5. The van der Waals surface area contributed by atoms with E-state index in [-0.39, 0.29) is 51.3 Å². The zero-order chi connectivity index (χ0) is 52.0. The number of aliphatic hydroxyl groups excluding tert-OH is 1. The number of likely N-dealkylation sites (tertiary alicyclic amines) is 2. The number of ether oxygens (including phenoxy) is 5. The van der Waals surface area contributed by atoms with Crippen molar-refractivity contribution in [3.63, 3.8) is 0 Å². The number of nitrogen functional groups attached to an aromatic ring is 1. The molecule has 6 aromatic rings. The molecule has 3 amide bonds. The molecule has 5 N–H and O–H groups in total. The molecule has 0 unspecified atom stereocenters. The van der Waals surface area contributed by atoms with E-state index in [2.05, 4.69) is 30.5 Å². The second-order valence-electron chi connectivity index (χ2n) is 19.6. The molecule has 0 bridgehead atoms. The molecular weight excluding hydrogens is 965 g/mol. The number of hydrogen-bond acceptors (Lipinski definition) is 16. The number of nitrogens with zero attached hydrogens (tertiary/aromatic N) is 7. The first kappa shape index (κ1) is 53.9. The fourth-order valence-electron chi connectivity index (χ4n) is 9.15. The highest BCUT2D eigenvalue weighted by Gasteiger charge is 2.44. The number of rotatable bonds is 24. The summed E-state index contributed by atoms with van der Waals surface area (Å²) >= 11 is 1.57. The minimum atomic E-state index is -0.962. The number of carbonyl (C=O) groups excluding carboxylic acids is 3. The summed E-state index contributed by atoms with van der Waals surface area (Å²) in [4.78, 5) is 58.5. The van der Waals surface area contributed by atoms with E-state index < -0.39 is 35.4 Å². The number of hydrogen-bond donors (Lipinski definition) is 4. The zero-order valence-corrected chi connectivity index (χ0v) is 43.4. The Morgan fingerprint density at radius 1 is 0.824 bits per heavy atom. The van der Waals surface area contributed by atoms with E-state index in [1.807, 2.05) is 117 Å². The Kier molecular flexibility index (Phi) is 18.7. The summed E-state index contributed by atoms with van der Waals surface area (Å²) in [6.07, 6.45) is 2.54. The molecule has 2 saturated heterocycles. The molecule has 74 heavy (non-hydrogen) atoms. The lowest BCUT2D eigenvalue weighted by Crippen LogP contribution is -2.58. The maximum Gasteiger partial charge on any atom is 0.246 e. The van der Waals surface area contributed by atoms with Crippen molar-refractivity contribution < 1.29 is 43.2 Å². The summed E-state index contributed by atoms with van der Waals surface area (Å²) in [5, 5.41) is 22.1. The standard InChI is InChI=1S/C54H68N10O9S/c1-36-48(74-35-59-36)39-12-10-37(11-13-39)31-56-52(67)44-30-41(65)32-63(44)53(68)49(54(2,3)4)60-45(66)33-72-29-28-71-27-26-70-25-24-69-23-22-62-20-18-40(19-21-62)64-51-46(50(55)57-34-58-51)47(61-64)38-14-16-43(17-15-38)73-42-8-6-5-7-9-42/h5-17,34-35,40-41,44,49,65H,18-33H2,1-4H3,(H,56,67)(H,60,66)(H2,55,57,58)/t41-,44+,49-/m1/s1. The van der Waals surface area contributed by atoms with E-state index in [0.717, 1.165) is 88.0 Å². The minimum absolute atomic E-state index is 0.0137. The molecule has 19 nitrogen and oxygen atoms in total. The van der Waals surface area contributed by atoms with Crippen LogP contribution < -0.4 is 21.1 Å². The third kappa shape index (κ3) is 14.3. The van der Waals surface area contributed by atoms with Gasteiger partial charge < -0.3 is 55.0 Å². The van der Waals surface area contributed by atoms with Gasteiger partial charge in [0.25, 0.3) is 0 Å². The predicted octanol–water partition coefficient (Wildman–Crippen LogP) is 5.81. The number of para-hydroxylation sites is 1. The fraction of sp³-hybridized carbons (Fsp3) is 0.463. The monoisotopic (exact) mass is 1030 g/mol. The van der Waals surface area contributed by atoms with Crippen molar-refractivity contribution >= 4 is 45.9 Å². The fourth-order valence-corrected chi connectivity index (χ4v) is 9.96. The van der Waals surface area contributed by atoms with E-state index in [4.69, 9.17) is 34.5 Å². The van der Waals surface area contributed by atoms with Gasteiger partial charge in [0.2, 0.25) is 17.7 Å². The number of thiazole rings is 1. The van der Waals surface area contributed by atoms with E-state index >= 15 is 0 Å². The predicted molar refractivity (Wildman–Crippen MR) is 281 cm³/mol. The van der Waals surface area contributed by atoms with Crippen LogP contribution in [0, 0.1) is 12.3 Å². The number of amides is 3. The molecule has 20 heteroatoms. The van der Waals surface area contributed by atoms with Gasteiger partial charge in [-0.15, -0.1) is 11.3 Å². The van der Waals surface area contributed by atoms with Gasteiger partial charge in [-0.2, -0.15) is 5.10 Å². The van der Waals surface area contributed by atoms with Gasteiger partial charge in [-0.1, -0.05) is 63.2 Å². The van der Waals surface area contributed by atoms with Crippen LogP contribution in [0.4, 0.5) is 5.82 Å². The number of piperidine rings is 1. The van der Waals surface area contributed by atoms with Crippen LogP contribution in [0.3, 0.4) is 0 Å². The van der Waals surface area contributed by atoms with Gasteiger partial charge in [-0.25, -0.2) is 19.6 Å². The van der Waals surface area contributed by atoms with E-state index in [0.29, 0.717) is 38.9 Å². The van der Waals surface area contributed by atoms with Crippen LogP contribution in [0.1, 0.15) is 57.3 Å². The molecule has 3 aromatic heterocycles. The molecule has 5 heterocycles. The summed E-state index contributed by atoms with van der Waals surface area (Å²) < 4.78 is 30.7. The highest BCUT2D eigenvalue weighted by Crippen LogP contribution is 2.36.